The van der Waals surface area contributed by atoms with Crippen LogP contribution in [-0.4, -0.2) is 18.6 Å². The standard InChI is InChI=1S/C16H14BrNO3S/c1-22(19,20)18-10-9-13-14(17)7-8-15(16(13)18)21-11-12-5-3-2-4-6-12/h2-10H,11H2,1H3. The summed E-state index contributed by atoms with van der Waals surface area (Å²) >= 11 is 3.44. The van der Waals surface area contributed by atoms with Crippen LogP contribution < -0.4 is 4.74 Å². The molecule has 6 heteroatoms. The maximum absolute atomic E-state index is 11.9. The van der Waals surface area contributed by atoms with Gasteiger partial charge in [-0.15, -0.1) is 0 Å². The molecule has 0 N–H and O–H groups in total. The molecule has 0 saturated heterocycles. The van der Waals surface area contributed by atoms with Gasteiger partial charge >= 0.3 is 0 Å². The molecular formula is C16H14BrNO3S. The molecule has 0 aliphatic carbocycles. The number of aromatic nitrogens is 1. The Morgan fingerprint density at radius 1 is 1.09 bits per heavy atom. The largest absolute Gasteiger partial charge is 0.487 e. The highest BCUT2D eigenvalue weighted by atomic mass is 79.9. The molecule has 2 aromatic carbocycles. The fourth-order valence-electron chi connectivity index (χ4n) is 2.29. The highest BCUT2D eigenvalue weighted by Gasteiger charge is 2.16. The van der Waals surface area contributed by atoms with Crippen molar-refractivity contribution in [3.63, 3.8) is 0 Å². The fourth-order valence-corrected chi connectivity index (χ4v) is 3.55. The van der Waals surface area contributed by atoms with Gasteiger partial charge in [-0.05, 0) is 23.8 Å². The molecule has 0 saturated carbocycles. The van der Waals surface area contributed by atoms with E-state index in [1.54, 1.807) is 18.3 Å². The number of fused-ring (bicyclic) bond motifs is 1. The minimum absolute atomic E-state index is 0.381. The van der Waals surface area contributed by atoms with Gasteiger partial charge in [0.05, 0.1) is 6.26 Å². The van der Waals surface area contributed by atoms with Gasteiger partial charge in [-0.2, -0.15) is 0 Å². The topological polar surface area (TPSA) is 48.3 Å². The van der Waals surface area contributed by atoms with E-state index >= 15 is 0 Å². The molecule has 0 atom stereocenters. The van der Waals surface area contributed by atoms with Crippen LogP contribution in [0.5, 0.6) is 5.75 Å². The molecule has 0 radical (unpaired) electrons. The quantitative estimate of drug-likeness (QED) is 0.692. The summed E-state index contributed by atoms with van der Waals surface area (Å²) in [6, 6.07) is 15.1. The Bertz CT molecular complexity index is 917. The third kappa shape index (κ3) is 2.89. The highest BCUT2D eigenvalue weighted by molar-refractivity contribution is 9.10. The van der Waals surface area contributed by atoms with Crippen LogP contribution in [0.3, 0.4) is 0 Å². The lowest BCUT2D eigenvalue weighted by atomic mass is 10.2. The molecule has 4 nitrogen and oxygen atoms in total. The van der Waals surface area contributed by atoms with Gasteiger partial charge in [0.25, 0.3) is 0 Å². The predicted octanol–water partition coefficient (Wildman–Crippen LogP) is 3.79. The van der Waals surface area contributed by atoms with Gasteiger partial charge in [0.1, 0.15) is 17.9 Å². The maximum Gasteiger partial charge on any atom is 0.236 e. The summed E-state index contributed by atoms with van der Waals surface area (Å²) in [7, 11) is -3.39. The zero-order valence-corrected chi connectivity index (χ0v) is 14.3. The second kappa shape index (κ2) is 5.78. The molecule has 0 bridgehead atoms. The summed E-state index contributed by atoms with van der Waals surface area (Å²) < 4.78 is 31.8. The van der Waals surface area contributed by atoms with Crippen LogP contribution in [0.2, 0.25) is 0 Å². The smallest absolute Gasteiger partial charge is 0.236 e. The van der Waals surface area contributed by atoms with E-state index < -0.39 is 10.0 Å². The lowest BCUT2D eigenvalue weighted by Crippen LogP contribution is -2.09. The molecule has 3 rings (SSSR count). The average molecular weight is 380 g/mol. The third-order valence-electron chi connectivity index (χ3n) is 3.32. The van der Waals surface area contributed by atoms with Crippen molar-refractivity contribution in [2.45, 2.75) is 6.61 Å². The number of benzene rings is 2. The maximum atomic E-state index is 11.9. The van der Waals surface area contributed by atoms with Crippen LogP contribution in [0.4, 0.5) is 0 Å². The minimum Gasteiger partial charge on any atom is -0.487 e. The lowest BCUT2D eigenvalue weighted by molar-refractivity contribution is 0.309. The third-order valence-corrected chi connectivity index (χ3v) is 5.03. The molecule has 0 fully saturated rings. The van der Waals surface area contributed by atoms with Crippen molar-refractivity contribution in [2.75, 3.05) is 6.26 Å². The molecule has 0 aliphatic heterocycles. The van der Waals surface area contributed by atoms with Gasteiger partial charge < -0.3 is 4.74 Å². The lowest BCUT2D eigenvalue weighted by Gasteiger charge is -2.11. The normalized spacial score (nSPS) is 11.7. The van der Waals surface area contributed by atoms with Gasteiger partial charge in [0, 0.05) is 16.1 Å². The Balaban J connectivity index is 2.06. The summed E-state index contributed by atoms with van der Waals surface area (Å²) in [5.74, 6) is 0.539. The molecule has 1 aromatic heterocycles. The zero-order chi connectivity index (χ0) is 15.7. The van der Waals surface area contributed by atoms with E-state index in [1.165, 1.54) is 10.2 Å². The summed E-state index contributed by atoms with van der Waals surface area (Å²) in [6.07, 6.45) is 2.72. The first kappa shape index (κ1) is 15.1. The number of rotatable bonds is 4. The monoisotopic (exact) mass is 379 g/mol. The van der Waals surface area contributed by atoms with Crippen LogP contribution in [-0.2, 0) is 16.6 Å². The van der Waals surface area contributed by atoms with Gasteiger partial charge in [0.2, 0.25) is 10.0 Å². The number of nitrogens with zero attached hydrogens (tertiary/aromatic N) is 1. The van der Waals surface area contributed by atoms with Crippen molar-refractivity contribution >= 4 is 36.9 Å². The van der Waals surface area contributed by atoms with Crippen LogP contribution in [0, 0.1) is 0 Å². The van der Waals surface area contributed by atoms with Crippen LogP contribution in [0.15, 0.2) is 59.2 Å². The fraction of sp³-hybridized carbons (Fsp3) is 0.125. The summed E-state index contributed by atoms with van der Waals surface area (Å²) in [6.45, 7) is 0.381. The molecular weight excluding hydrogens is 366 g/mol. The molecule has 0 unspecified atom stereocenters. The van der Waals surface area contributed by atoms with E-state index in [2.05, 4.69) is 15.9 Å². The molecule has 22 heavy (non-hydrogen) atoms. The summed E-state index contributed by atoms with van der Waals surface area (Å²) in [5.41, 5.74) is 1.57. The van der Waals surface area contributed by atoms with E-state index in [9.17, 15) is 8.42 Å². The Kier molecular flexibility index (Phi) is 3.97. The Labute approximate surface area is 137 Å². The van der Waals surface area contributed by atoms with Gasteiger partial charge in [-0.1, -0.05) is 46.3 Å². The number of hydrogen-bond acceptors (Lipinski definition) is 3. The number of halogens is 1. The van der Waals surface area contributed by atoms with Crippen molar-refractivity contribution in [1.29, 1.82) is 0 Å². The molecule has 114 valence electrons. The van der Waals surface area contributed by atoms with E-state index in [-0.39, 0.29) is 0 Å². The summed E-state index contributed by atoms with van der Waals surface area (Å²) in [5, 5.41) is 0.802. The van der Waals surface area contributed by atoms with Crippen LogP contribution in [0.25, 0.3) is 10.9 Å². The average Bonchev–Trinajstić information content (AvgIpc) is 2.94. The second-order valence-corrected chi connectivity index (χ2v) is 7.67. The molecule has 0 spiro atoms. The van der Waals surface area contributed by atoms with Crippen molar-refractivity contribution in [3.8, 4) is 5.75 Å². The molecule has 3 aromatic rings. The molecule has 0 aliphatic rings. The van der Waals surface area contributed by atoms with Crippen LogP contribution in [0.1, 0.15) is 5.56 Å². The molecule has 0 amide bonds. The first-order valence-corrected chi connectivity index (χ1v) is 9.28. The second-order valence-electron chi connectivity index (χ2n) is 4.96. The van der Waals surface area contributed by atoms with Gasteiger partial charge in [0.15, 0.2) is 0 Å². The number of ether oxygens (including phenoxy) is 1. The Hall–Kier alpha value is -1.79. The van der Waals surface area contributed by atoms with Gasteiger partial charge in [-0.25, -0.2) is 12.4 Å². The van der Waals surface area contributed by atoms with E-state index in [4.69, 9.17) is 4.74 Å². The zero-order valence-electron chi connectivity index (χ0n) is 11.9. The molecule has 1 heterocycles. The van der Waals surface area contributed by atoms with Crippen LogP contribution >= 0.6 is 15.9 Å². The SMILES string of the molecule is CS(=O)(=O)n1ccc2c(Br)ccc(OCc3ccccc3)c21. The van der Waals surface area contributed by atoms with Crippen molar-refractivity contribution in [2.24, 2.45) is 0 Å². The van der Waals surface area contributed by atoms with Crippen molar-refractivity contribution in [3.05, 3.63) is 64.8 Å². The van der Waals surface area contributed by atoms with Crippen molar-refractivity contribution < 1.29 is 13.2 Å². The van der Waals surface area contributed by atoms with E-state index in [0.29, 0.717) is 17.9 Å². The number of hydrogen-bond donors (Lipinski definition) is 0. The summed E-state index contributed by atoms with van der Waals surface area (Å²) in [4.78, 5) is 0. The Morgan fingerprint density at radius 2 is 1.82 bits per heavy atom. The van der Waals surface area contributed by atoms with Gasteiger partial charge in [-0.3, -0.25) is 0 Å². The van der Waals surface area contributed by atoms with Crippen molar-refractivity contribution in [1.82, 2.24) is 3.97 Å². The predicted molar refractivity (Wildman–Crippen MR) is 90.7 cm³/mol. The minimum atomic E-state index is -3.39. The highest BCUT2D eigenvalue weighted by Crippen LogP contribution is 2.33. The first-order valence-electron chi connectivity index (χ1n) is 6.63. The first-order chi connectivity index (χ1) is 10.5. The van der Waals surface area contributed by atoms with E-state index in [1.807, 2.05) is 36.4 Å². The Morgan fingerprint density at radius 3 is 2.50 bits per heavy atom. The van der Waals surface area contributed by atoms with E-state index in [0.717, 1.165) is 15.4 Å².